The van der Waals surface area contributed by atoms with Crippen molar-refractivity contribution in [2.75, 3.05) is 0 Å². The first kappa shape index (κ1) is 7.60. The lowest BCUT2D eigenvalue weighted by molar-refractivity contribution is 0.474. The molecule has 2 aromatic rings. The third-order valence-electron chi connectivity index (χ3n) is 1.35. The van der Waals surface area contributed by atoms with Crippen molar-refractivity contribution in [2.45, 2.75) is 0 Å². The monoisotopic (exact) mass is 174 g/mol. The molecule has 0 N–H and O–H groups in total. The molecule has 0 aliphatic rings. The Labute approximate surface area is 74.4 Å². The SMILES string of the molecule is c1cc(Oc2ccnnc2)cnn1. The molecule has 0 atom stereocenters. The zero-order chi connectivity index (χ0) is 8.93. The maximum atomic E-state index is 5.37. The fourth-order valence-electron chi connectivity index (χ4n) is 0.814. The number of rotatable bonds is 2. The van der Waals surface area contributed by atoms with Gasteiger partial charge in [-0.15, -0.1) is 0 Å². The van der Waals surface area contributed by atoms with Crippen LogP contribution in [0.3, 0.4) is 0 Å². The Morgan fingerprint density at radius 2 is 1.31 bits per heavy atom. The Hall–Kier alpha value is -2.04. The molecular formula is C8H6N4O. The summed E-state index contributed by atoms with van der Waals surface area (Å²) < 4.78 is 5.37. The highest BCUT2D eigenvalue weighted by molar-refractivity contribution is 5.23. The minimum Gasteiger partial charge on any atom is -0.454 e. The third-order valence-corrected chi connectivity index (χ3v) is 1.35. The molecule has 0 spiro atoms. The zero-order valence-electron chi connectivity index (χ0n) is 6.66. The molecule has 2 heterocycles. The van der Waals surface area contributed by atoms with Crippen LogP contribution in [0.4, 0.5) is 0 Å². The van der Waals surface area contributed by atoms with Crippen LogP contribution in [-0.4, -0.2) is 20.4 Å². The fraction of sp³-hybridized carbons (Fsp3) is 0. The molecule has 13 heavy (non-hydrogen) atoms. The summed E-state index contributed by atoms with van der Waals surface area (Å²) in [5.74, 6) is 1.26. The Bertz CT molecular complexity index is 327. The minimum absolute atomic E-state index is 0.628. The van der Waals surface area contributed by atoms with Gasteiger partial charge in [0.2, 0.25) is 0 Å². The molecule has 0 unspecified atom stereocenters. The van der Waals surface area contributed by atoms with Crippen LogP contribution >= 0.6 is 0 Å². The molecule has 0 fully saturated rings. The molecular weight excluding hydrogens is 168 g/mol. The van der Waals surface area contributed by atoms with E-state index in [0.29, 0.717) is 11.5 Å². The summed E-state index contributed by atoms with van der Waals surface area (Å²) in [5, 5.41) is 14.6. The standard InChI is InChI=1S/C8H6N4O/c1-3-9-11-5-7(1)13-8-2-4-10-12-6-8/h1-6H. The van der Waals surface area contributed by atoms with Gasteiger partial charge in [0.1, 0.15) is 11.5 Å². The van der Waals surface area contributed by atoms with Gasteiger partial charge in [-0.25, -0.2) is 0 Å². The van der Waals surface area contributed by atoms with Crippen LogP contribution in [0.1, 0.15) is 0 Å². The summed E-state index contributed by atoms with van der Waals surface area (Å²) in [6, 6.07) is 3.43. The molecule has 0 aromatic carbocycles. The van der Waals surface area contributed by atoms with Crippen molar-refractivity contribution in [3.8, 4) is 11.5 Å². The van der Waals surface area contributed by atoms with E-state index in [1.54, 1.807) is 24.5 Å². The number of hydrogen-bond donors (Lipinski definition) is 0. The maximum absolute atomic E-state index is 5.37. The van der Waals surface area contributed by atoms with Gasteiger partial charge in [0.25, 0.3) is 0 Å². The quantitative estimate of drug-likeness (QED) is 0.681. The van der Waals surface area contributed by atoms with Gasteiger partial charge in [-0.2, -0.15) is 20.4 Å². The highest BCUT2D eigenvalue weighted by Gasteiger charge is 1.95. The Morgan fingerprint density at radius 3 is 1.69 bits per heavy atom. The van der Waals surface area contributed by atoms with Crippen LogP contribution in [0.15, 0.2) is 36.9 Å². The van der Waals surface area contributed by atoms with Gasteiger partial charge in [-0.1, -0.05) is 0 Å². The van der Waals surface area contributed by atoms with Gasteiger partial charge in [-0.3, -0.25) is 0 Å². The molecule has 0 aliphatic heterocycles. The van der Waals surface area contributed by atoms with E-state index in [0.717, 1.165) is 0 Å². The smallest absolute Gasteiger partial charge is 0.149 e. The van der Waals surface area contributed by atoms with Gasteiger partial charge in [0, 0.05) is 12.1 Å². The first-order chi connectivity index (χ1) is 6.45. The molecule has 0 saturated heterocycles. The van der Waals surface area contributed by atoms with E-state index >= 15 is 0 Å². The van der Waals surface area contributed by atoms with E-state index in [4.69, 9.17) is 4.74 Å². The van der Waals surface area contributed by atoms with E-state index in [1.807, 2.05) is 0 Å². The molecule has 0 bridgehead atoms. The number of ether oxygens (including phenoxy) is 1. The second kappa shape index (κ2) is 3.57. The number of nitrogens with zero attached hydrogens (tertiary/aromatic N) is 4. The predicted octanol–water partition coefficient (Wildman–Crippen LogP) is 1.06. The van der Waals surface area contributed by atoms with E-state index in [2.05, 4.69) is 20.4 Å². The van der Waals surface area contributed by atoms with Crippen LogP contribution in [0.2, 0.25) is 0 Å². The summed E-state index contributed by atoms with van der Waals surface area (Å²) in [6.07, 6.45) is 6.18. The second-order valence-electron chi connectivity index (χ2n) is 2.26. The summed E-state index contributed by atoms with van der Waals surface area (Å²) in [6.45, 7) is 0. The van der Waals surface area contributed by atoms with Gasteiger partial charge >= 0.3 is 0 Å². The lowest BCUT2D eigenvalue weighted by atomic mass is 10.5. The lowest BCUT2D eigenvalue weighted by Gasteiger charge is -2.01. The highest BCUT2D eigenvalue weighted by atomic mass is 16.5. The first-order valence-corrected chi connectivity index (χ1v) is 3.66. The highest BCUT2D eigenvalue weighted by Crippen LogP contribution is 2.16. The molecule has 5 heteroatoms. The molecule has 0 saturated carbocycles. The summed E-state index contributed by atoms with van der Waals surface area (Å²) in [5.41, 5.74) is 0. The predicted molar refractivity (Wildman–Crippen MR) is 44.1 cm³/mol. The van der Waals surface area contributed by atoms with Gasteiger partial charge in [-0.05, 0) is 0 Å². The van der Waals surface area contributed by atoms with Crippen LogP contribution in [0, 0.1) is 0 Å². The molecule has 0 amide bonds. The van der Waals surface area contributed by atoms with Crippen molar-refractivity contribution in [1.82, 2.24) is 20.4 Å². The van der Waals surface area contributed by atoms with Crippen LogP contribution in [0.5, 0.6) is 11.5 Å². The van der Waals surface area contributed by atoms with Crippen molar-refractivity contribution >= 4 is 0 Å². The minimum atomic E-state index is 0.628. The normalized spacial score (nSPS) is 9.54. The molecule has 0 radical (unpaired) electrons. The number of hydrogen-bond acceptors (Lipinski definition) is 5. The van der Waals surface area contributed by atoms with E-state index < -0.39 is 0 Å². The van der Waals surface area contributed by atoms with Crippen molar-refractivity contribution in [3.05, 3.63) is 36.9 Å². The van der Waals surface area contributed by atoms with Crippen LogP contribution in [-0.2, 0) is 0 Å². The maximum Gasteiger partial charge on any atom is 0.149 e. The Kier molecular flexibility index (Phi) is 2.09. The van der Waals surface area contributed by atoms with Gasteiger partial charge in [0.15, 0.2) is 0 Å². The van der Waals surface area contributed by atoms with Crippen molar-refractivity contribution < 1.29 is 4.74 Å². The zero-order valence-corrected chi connectivity index (χ0v) is 6.66. The van der Waals surface area contributed by atoms with Crippen molar-refractivity contribution in [2.24, 2.45) is 0 Å². The summed E-state index contributed by atoms with van der Waals surface area (Å²) in [4.78, 5) is 0. The first-order valence-electron chi connectivity index (χ1n) is 3.66. The average molecular weight is 174 g/mol. The van der Waals surface area contributed by atoms with Gasteiger partial charge < -0.3 is 4.74 Å². The molecule has 5 nitrogen and oxygen atoms in total. The summed E-state index contributed by atoms with van der Waals surface area (Å²) >= 11 is 0. The third kappa shape index (κ3) is 1.96. The molecule has 2 rings (SSSR count). The number of aromatic nitrogens is 4. The molecule has 2 aromatic heterocycles. The largest absolute Gasteiger partial charge is 0.454 e. The molecule has 64 valence electrons. The Balaban J connectivity index is 2.16. The van der Waals surface area contributed by atoms with E-state index in [-0.39, 0.29) is 0 Å². The average Bonchev–Trinajstić information content (AvgIpc) is 2.21. The second-order valence-corrected chi connectivity index (χ2v) is 2.26. The summed E-state index contributed by atoms with van der Waals surface area (Å²) in [7, 11) is 0. The fourth-order valence-corrected chi connectivity index (χ4v) is 0.814. The van der Waals surface area contributed by atoms with Gasteiger partial charge in [0.05, 0.1) is 24.8 Å². The van der Waals surface area contributed by atoms with Crippen molar-refractivity contribution in [1.29, 1.82) is 0 Å². The molecule has 0 aliphatic carbocycles. The Morgan fingerprint density at radius 1 is 0.769 bits per heavy atom. The lowest BCUT2D eigenvalue weighted by Crippen LogP contribution is -1.87. The topological polar surface area (TPSA) is 60.8 Å². The van der Waals surface area contributed by atoms with Crippen LogP contribution < -0.4 is 4.74 Å². The van der Waals surface area contributed by atoms with E-state index in [1.165, 1.54) is 12.4 Å². The van der Waals surface area contributed by atoms with Crippen molar-refractivity contribution in [3.63, 3.8) is 0 Å². The van der Waals surface area contributed by atoms with E-state index in [9.17, 15) is 0 Å². The van der Waals surface area contributed by atoms with Crippen LogP contribution in [0.25, 0.3) is 0 Å².